The highest BCUT2D eigenvalue weighted by Gasteiger charge is 2.51. The van der Waals surface area contributed by atoms with Crippen LogP contribution < -0.4 is 5.32 Å². The molecule has 2 aliphatic carbocycles. The van der Waals surface area contributed by atoms with Crippen LogP contribution in [0.5, 0.6) is 0 Å². The highest BCUT2D eigenvalue weighted by atomic mass is 35.5. The second kappa shape index (κ2) is 5.46. The molecule has 0 aromatic carbocycles. The molecular formula is C14H14Cl2N2O3. The number of halogens is 2. The third kappa shape index (κ3) is 2.60. The standard InChI is InChI=1S/C14H14Cl2N2O3/c15-9-4-8(5-17-12(9)16)13(19)18-11-7-2-1-6(3-7)10(11)14(20)21/h4-7,10-11H,1-3H2,(H,18,19)(H,20,21). The quantitative estimate of drug-likeness (QED) is 0.836. The number of aromatic nitrogens is 1. The molecule has 0 spiro atoms. The zero-order valence-corrected chi connectivity index (χ0v) is 12.6. The monoisotopic (exact) mass is 328 g/mol. The minimum Gasteiger partial charge on any atom is -0.481 e. The molecule has 21 heavy (non-hydrogen) atoms. The van der Waals surface area contributed by atoms with Gasteiger partial charge in [-0.2, -0.15) is 0 Å². The largest absolute Gasteiger partial charge is 0.481 e. The van der Waals surface area contributed by atoms with Crippen LogP contribution in [0, 0.1) is 17.8 Å². The molecule has 4 unspecified atom stereocenters. The van der Waals surface area contributed by atoms with Crippen molar-refractivity contribution in [2.45, 2.75) is 25.3 Å². The third-order valence-corrected chi connectivity index (χ3v) is 5.24. The van der Waals surface area contributed by atoms with Gasteiger partial charge in [0.1, 0.15) is 5.15 Å². The van der Waals surface area contributed by atoms with E-state index in [0.717, 1.165) is 19.3 Å². The van der Waals surface area contributed by atoms with Gasteiger partial charge in [-0.15, -0.1) is 0 Å². The van der Waals surface area contributed by atoms with Crippen LogP contribution >= 0.6 is 23.2 Å². The summed E-state index contributed by atoms with van der Waals surface area (Å²) in [7, 11) is 0. The third-order valence-electron chi connectivity index (χ3n) is 4.56. The summed E-state index contributed by atoms with van der Waals surface area (Å²) in [5.41, 5.74) is 0.288. The van der Waals surface area contributed by atoms with Gasteiger partial charge in [-0.05, 0) is 37.2 Å². The van der Waals surface area contributed by atoms with Crippen LogP contribution in [0.15, 0.2) is 12.3 Å². The zero-order valence-electron chi connectivity index (χ0n) is 11.1. The van der Waals surface area contributed by atoms with Crippen molar-refractivity contribution >= 4 is 35.1 Å². The lowest BCUT2D eigenvalue weighted by Crippen LogP contribution is -2.46. The maximum Gasteiger partial charge on any atom is 0.308 e. The SMILES string of the molecule is O=C(NC1C2CCC(C2)C1C(=O)O)c1cnc(Cl)c(Cl)c1. The lowest BCUT2D eigenvalue weighted by atomic mass is 9.84. The maximum atomic E-state index is 12.3. The fourth-order valence-corrected chi connectivity index (χ4v) is 3.90. The number of nitrogens with one attached hydrogen (secondary N) is 1. The molecular weight excluding hydrogens is 315 g/mol. The molecule has 3 rings (SSSR count). The summed E-state index contributed by atoms with van der Waals surface area (Å²) in [6, 6.07) is 1.12. The Labute approximate surface area is 131 Å². The summed E-state index contributed by atoms with van der Waals surface area (Å²) in [4.78, 5) is 27.5. The van der Waals surface area contributed by atoms with Crippen molar-refractivity contribution in [3.63, 3.8) is 0 Å². The highest BCUT2D eigenvalue weighted by molar-refractivity contribution is 6.41. The Hall–Kier alpha value is -1.33. The molecule has 2 bridgehead atoms. The number of hydrogen-bond donors (Lipinski definition) is 2. The van der Waals surface area contributed by atoms with E-state index < -0.39 is 11.9 Å². The van der Waals surface area contributed by atoms with Crippen molar-refractivity contribution in [3.05, 3.63) is 28.0 Å². The van der Waals surface area contributed by atoms with Crippen molar-refractivity contribution in [1.82, 2.24) is 10.3 Å². The van der Waals surface area contributed by atoms with Crippen LogP contribution in [0.1, 0.15) is 29.6 Å². The lowest BCUT2D eigenvalue weighted by molar-refractivity contribution is -0.144. The molecule has 2 N–H and O–H groups in total. The van der Waals surface area contributed by atoms with E-state index in [1.54, 1.807) is 0 Å². The van der Waals surface area contributed by atoms with E-state index >= 15 is 0 Å². The molecule has 2 fully saturated rings. The number of carbonyl (C=O) groups excluding carboxylic acids is 1. The number of carbonyl (C=O) groups is 2. The number of amides is 1. The van der Waals surface area contributed by atoms with E-state index in [-0.39, 0.29) is 39.5 Å². The zero-order chi connectivity index (χ0) is 15.1. The number of aliphatic carboxylic acids is 1. The second-order valence-electron chi connectivity index (χ2n) is 5.69. The van der Waals surface area contributed by atoms with Gasteiger partial charge in [-0.3, -0.25) is 9.59 Å². The van der Waals surface area contributed by atoms with Gasteiger partial charge in [-0.25, -0.2) is 4.98 Å². The number of rotatable bonds is 3. The second-order valence-corrected chi connectivity index (χ2v) is 6.46. The average Bonchev–Trinajstić information content (AvgIpc) is 3.02. The summed E-state index contributed by atoms with van der Waals surface area (Å²) in [6.07, 6.45) is 4.12. The first-order chi connectivity index (χ1) is 9.97. The Morgan fingerprint density at radius 1 is 1.29 bits per heavy atom. The molecule has 1 heterocycles. The molecule has 112 valence electrons. The van der Waals surface area contributed by atoms with E-state index in [1.807, 2.05) is 0 Å². The van der Waals surface area contributed by atoms with Crippen LogP contribution in [0.25, 0.3) is 0 Å². The van der Waals surface area contributed by atoms with Crippen LogP contribution in [0.2, 0.25) is 10.2 Å². The molecule has 2 saturated carbocycles. The van der Waals surface area contributed by atoms with Gasteiger partial charge in [0.2, 0.25) is 0 Å². The minimum absolute atomic E-state index is 0.136. The van der Waals surface area contributed by atoms with Crippen molar-refractivity contribution in [3.8, 4) is 0 Å². The topological polar surface area (TPSA) is 79.3 Å². The number of hydrogen-bond acceptors (Lipinski definition) is 3. The molecule has 1 aromatic rings. The Morgan fingerprint density at radius 3 is 2.67 bits per heavy atom. The molecule has 5 nitrogen and oxygen atoms in total. The normalized spacial score (nSPS) is 30.4. The molecule has 0 saturated heterocycles. The van der Waals surface area contributed by atoms with Crippen molar-refractivity contribution < 1.29 is 14.7 Å². The minimum atomic E-state index is -0.834. The van der Waals surface area contributed by atoms with E-state index in [1.165, 1.54) is 12.3 Å². The number of carboxylic acid groups (broad SMARTS) is 1. The Balaban J connectivity index is 1.77. The predicted molar refractivity (Wildman–Crippen MR) is 77.5 cm³/mol. The fraction of sp³-hybridized carbons (Fsp3) is 0.500. The van der Waals surface area contributed by atoms with Gasteiger partial charge in [0, 0.05) is 12.2 Å². The Kier molecular flexibility index (Phi) is 3.80. The van der Waals surface area contributed by atoms with Gasteiger partial charge in [0.05, 0.1) is 16.5 Å². The molecule has 1 aromatic heterocycles. The molecule has 4 atom stereocenters. The number of carboxylic acids is 1. The summed E-state index contributed by atoms with van der Waals surface area (Å²) in [6.45, 7) is 0. The van der Waals surface area contributed by atoms with Gasteiger partial charge < -0.3 is 10.4 Å². The van der Waals surface area contributed by atoms with E-state index in [9.17, 15) is 14.7 Å². The maximum absolute atomic E-state index is 12.3. The summed E-state index contributed by atoms with van der Waals surface area (Å²) >= 11 is 11.6. The van der Waals surface area contributed by atoms with Crippen LogP contribution in [0.4, 0.5) is 0 Å². The summed E-state index contributed by atoms with van der Waals surface area (Å²) in [5, 5.41) is 12.5. The van der Waals surface area contributed by atoms with Crippen LogP contribution in [0.3, 0.4) is 0 Å². The molecule has 0 aliphatic heterocycles. The van der Waals surface area contributed by atoms with E-state index in [4.69, 9.17) is 23.2 Å². The Bertz CT molecular complexity index is 608. The first-order valence-electron chi connectivity index (χ1n) is 6.82. The number of nitrogens with zero attached hydrogens (tertiary/aromatic N) is 1. The molecule has 7 heteroatoms. The van der Waals surface area contributed by atoms with Crippen LogP contribution in [-0.4, -0.2) is 28.0 Å². The summed E-state index contributed by atoms with van der Waals surface area (Å²) in [5.74, 6) is -1.27. The average molecular weight is 329 g/mol. The molecule has 1 amide bonds. The van der Waals surface area contributed by atoms with Crippen LogP contribution in [-0.2, 0) is 4.79 Å². The van der Waals surface area contributed by atoms with Gasteiger partial charge in [-0.1, -0.05) is 23.2 Å². The first-order valence-corrected chi connectivity index (χ1v) is 7.57. The van der Waals surface area contributed by atoms with Gasteiger partial charge >= 0.3 is 5.97 Å². The molecule has 2 aliphatic rings. The fourth-order valence-electron chi connectivity index (χ4n) is 3.63. The molecule has 0 radical (unpaired) electrons. The Morgan fingerprint density at radius 2 is 2.00 bits per heavy atom. The lowest BCUT2D eigenvalue weighted by Gasteiger charge is -2.28. The summed E-state index contributed by atoms with van der Waals surface area (Å²) < 4.78 is 0. The highest BCUT2D eigenvalue weighted by Crippen LogP contribution is 2.48. The van der Waals surface area contributed by atoms with Crippen molar-refractivity contribution in [2.24, 2.45) is 17.8 Å². The van der Waals surface area contributed by atoms with E-state index in [2.05, 4.69) is 10.3 Å². The number of pyridine rings is 1. The van der Waals surface area contributed by atoms with Crippen molar-refractivity contribution in [1.29, 1.82) is 0 Å². The smallest absolute Gasteiger partial charge is 0.308 e. The van der Waals surface area contributed by atoms with E-state index in [0.29, 0.717) is 0 Å². The van der Waals surface area contributed by atoms with Gasteiger partial charge in [0.25, 0.3) is 5.91 Å². The van der Waals surface area contributed by atoms with Gasteiger partial charge in [0.15, 0.2) is 0 Å². The first kappa shape index (κ1) is 14.6. The predicted octanol–water partition coefficient (Wildman–Crippen LogP) is 2.62. The number of fused-ring (bicyclic) bond motifs is 2. The van der Waals surface area contributed by atoms with Crippen molar-refractivity contribution in [2.75, 3.05) is 0 Å².